The number of urea groups is 1. The zero-order valence-corrected chi connectivity index (χ0v) is 15.7. The minimum Gasteiger partial charge on any atom is -0.363 e. The maximum absolute atomic E-state index is 13.0. The van der Waals surface area contributed by atoms with Crippen LogP contribution in [-0.2, 0) is 0 Å². The molecule has 0 unspecified atom stereocenters. The lowest BCUT2D eigenvalue weighted by atomic mass is 10.1. The highest BCUT2D eigenvalue weighted by Crippen LogP contribution is 2.37. The molecule has 0 saturated carbocycles. The molecule has 2 aliphatic rings. The van der Waals surface area contributed by atoms with Crippen LogP contribution in [0.5, 0.6) is 0 Å². The Hall–Kier alpha value is -3.37. The van der Waals surface area contributed by atoms with Crippen molar-refractivity contribution < 1.29 is 22.8 Å². The number of anilines is 3. The average Bonchev–Trinajstić information content (AvgIpc) is 3.09. The topological polar surface area (TPSA) is 98.4 Å². The van der Waals surface area contributed by atoms with Crippen molar-refractivity contribution in [2.45, 2.75) is 31.5 Å². The number of carbonyl (C=O) groups excluding carboxylic acids is 2. The first-order chi connectivity index (χ1) is 14.2. The largest absolute Gasteiger partial charge is 0.389 e. The molecule has 1 saturated heterocycles. The van der Waals surface area contributed by atoms with Gasteiger partial charge in [0.05, 0.1) is 18.2 Å². The summed E-state index contributed by atoms with van der Waals surface area (Å²) in [6, 6.07) is 5.20. The van der Waals surface area contributed by atoms with Crippen LogP contribution in [-0.4, -0.2) is 47.1 Å². The number of aromatic amines is 1. The zero-order valence-electron chi connectivity index (χ0n) is 15.7. The highest BCUT2D eigenvalue weighted by atomic mass is 19.4. The Bertz CT molecular complexity index is 1040. The Morgan fingerprint density at radius 3 is 2.80 bits per heavy atom. The molecular formula is C19H18F3N5O3. The number of hydrogen-bond acceptors (Lipinski definition) is 5. The van der Waals surface area contributed by atoms with Crippen LogP contribution in [0.15, 0.2) is 35.3 Å². The Labute approximate surface area is 168 Å². The van der Waals surface area contributed by atoms with Crippen LogP contribution in [0.4, 0.5) is 35.3 Å². The van der Waals surface area contributed by atoms with E-state index in [1.807, 2.05) is 4.90 Å². The van der Waals surface area contributed by atoms with E-state index in [4.69, 9.17) is 0 Å². The van der Waals surface area contributed by atoms with E-state index >= 15 is 0 Å². The summed E-state index contributed by atoms with van der Waals surface area (Å²) < 4.78 is 37.4. The van der Waals surface area contributed by atoms with Gasteiger partial charge in [0.25, 0.3) is 0 Å². The summed E-state index contributed by atoms with van der Waals surface area (Å²) in [5, 5.41) is 2.65. The predicted octanol–water partition coefficient (Wildman–Crippen LogP) is 2.93. The number of ketones is 1. The van der Waals surface area contributed by atoms with Gasteiger partial charge in [0.2, 0.25) is 5.43 Å². The number of H-pyrrole nitrogens is 1. The van der Waals surface area contributed by atoms with Crippen LogP contribution in [0.25, 0.3) is 0 Å². The number of hydrogen-bond donors (Lipinski definition) is 2. The molecule has 0 aromatic carbocycles. The van der Waals surface area contributed by atoms with Crippen molar-refractivity contribution in [3.05, 3.63) is 46.4 Å². The fourth-order valence-corrected chi connectivity index (χ4v) is 3.77. The molecule has 1 fully saturated rings. The minimum absolute atomic E-state index is 0.111. The Kier molecular flexibility index (Phi) is 4.96. The van der Waals surface area contributed by atoms with Gasteiger partial charge in [-0.05, 0) is 18.6 Å². The van der Waals surface area contributed by atoms with Gasteiger partial charge in [0.15, 0.2) is 5.78 Å². The fourth-order valence-electron chi connectivity index (χ4n) is 3.77. The van der Waals surface area contributed by atoms with Crippen molar-refractivity contribution in [2.75, 3.05) is 28.2 Å². The molecule has 11 heteroatoms. The number of halogens is 3. The summed E-state index contributed by atoms with van der Waals surface area (Å²) in [6.07, 6.45) is -4.44. The quantitative estimate of drug-likeness (QED) is 0.740. The van der Waals surface area contributed by atoms with Crippen LogP contribution in [0.1, 0.15) is 29.8 Å². The van der Waals surface area contributed by atoms with Crippen molar-refractivity contribution in [1.82, 2.24) is 9.97 Å². The second kappa shape index (κ2) is 7.47. The Balaban J connectivity index is 1.68. The summed E-state index contributed by atoms with van der Waals surface area (Å²) >= 11 is 0. The van der Waals surface area contributed by atoms with Crippen molar-refractivity contribution in [1.29, 1.82) is 0 Å². The van der Waals surface area contributed by atoms with Crippen molar-refractivity contribution in [3.8, 4) is 0 Å². The normalized spacial score (nSPS) is 17.6. The molecule has 4 heterocycles. The number of pyridine rings is 2. The molecule has 4 rings (SSSR count). The second-order valence-electron chi connectivity index (χ2n) is 7.19. The van der Waals surface area contributed by atoms with Crippen molar-refractivity contribution >= 4 is 29.1 Å². The van der Waals surface area contributed by atoms with Gasteiger partial charge in [0, 0.05) is 31.8 Å². The Morgan fingerprint density at radius 1 is 1.30 bits per heavy atom. The molecule has 2 bridgehead atoms. The van der Waals surface area contributed by atoms with E-state index in [2.05, 4.69) is 15.3 Å². The number of Topliss-reactive ketones (excluding diaryl/α,β-unsaturated/α-hetero) is 1. The lowest BCUT2D eigenvalue weighted by Gasteiger charge is -2.35. The lowest BCUT2D eigenvalue weighted by Crippen LogP contribution is -2.49. The van der Waals surface area contributed by atoms with Crippen LogP contribution in [0.2, 0.25) is 0 Å². The summed E-state index contributed by atoms with van der Waals surface area (Å²) in [5.41, 5.74) is -0.538. The molecular weight excluding hydrogens is 403 g/mol. The highest BCUT2D eigenvalue weighted by molar-refractivity contribution is 6.05. The molecule has 2 aliphatic heterocycles. The third-order valence-corrected chi connectivity index (χ3v) is 5.13. The van der Waals surface area contributed by atoms with Gasteiger partial charge in [0.1, 0.15) is 17.3 Å². The van der Waals surface area contributed by atoms with E-state index in [9.17, 15) is 27.6 Å². The molecule has 30 heavy (non-hydrogen) atoms. The van der Waals surface area contributed by atoms with Gasteiger partial charge in [-0.1, -0.05) is 6.07 Å². The number of aromatic nitrogens is 2. The molecule has 8 nitrogen and oxygen atoms in total. The van der Waals surface area contributed by atoms with Crippen molar-refractivity contribution in [3.63, 3.8) is 0 Å². The molecule has 2 N–H and O–H groups in total. The third kappa shape index (κ3) is 3.87. The summed E-state index contributed by atoms with van der Waals surface area (Å²) in [4.78, 5) is 47.9. The molecule has 2 aromatic heterocycles. The van der Waals surface area contributed by atoms with Gasteiger partial charge in [-0.25, -0.2) is 9.78 Å². The molecule has 2 amide bonds. The van der Waals surface area contributed by atoms with Gasteiger partial charge in [-0.3, -0.25) is 19.8 Å². The number of carbonyl (C=O) groups is 2. The average molecular weight is 421 g/mol. The van der Waals surface area contributed by atoms with E-state index < -0.39 is 36.3 Å². The standard InChI is InChI=1S/C19H18F3N5O3/c20-19(21,22)6-4-13(28)12-9-14(29)16-17(24-12)27(11-5-8-26(16)10-11)18(30)25-15-3-1-2-7-23-15/h1-3,7,9,11H,4-6,8,10H2,(H,24,29)(H,23,25,30)/t11-/m0/s1. The van der Waals surface area contributed by atoms with Gasteiger partial charge < -0.3 is 9.88 Å². The maximum Gasteiger partial charge on any atom is 0.389 e. The first-order valence-corrected chi connectivity index (χ1v) is 9.36. The van der Waals surface area contributed by atoms with E-state index in [1.54, 1.807) is 18.2 Å². The molecule has 158 valence electrons. The summed E-state index contributed by atoms with van der Waals surface area (Å²) in [5.74, 6) is -0.422. The van der Waals surface area contributed by atoms with E-state index in [-0.39, 0.29) is 23.2 Å². The molecule has 0 radical (unpaired) electrons. The number of nitrogens with one attached hydrogen (secondary N) is 2. The Morgan fingerprint density at radius 2 is 2.10 bits per heavy atom. The van der Waals surface area contributed by atoms with E-state index in [0.717, 1.165) is 6.07 Å². The lowest BCUT2D eigenvalue weighted by molar-refractivity contribution is -0.133. The van der Waals surface area contributed by atoms with Crippen LogP contribution < -0.4 is 20.5 Å². The van der Waals surface area contributed by atoms with Gasteiger partial charge in [-0.15, -0.1) is 0 Å². The molecule has 2 aromatic rings. The predicted molar refractivity (Wildman–Crippen MR) is 103 cm³/mol. The van der Waals surface area contributed by atoms with E-state index in [1.165, 1.54) is 11.1 Å². The molecule has 1 atom stereocenters. The molecule has 0 spiro atoms. The van der Waals surface area contributed by atoms with Crippen LogP contribution in [0, 0.1) is 0 Å². The summed E-state index contributed by atoms with van der Waals surface area (Å²) in [6.45, 7) is 1.00. The zero-order chi connectivity index (χ0) is 21.5. The SMILES string of the molecule is O=C(CCC(F)(F)F)c1cc(=O)c2c([nH]1)N(C(=O)Nc1ccccn1)[C@H]1CCN2C1. The first kappa shape index (κ1) is 19.9. The van der Waals surface area contributed by atoms with Crippen LogP contribution in [0.3, 0.4) is 0 Å². The molecule has 0 aliphatic carbocycles. The van der Waals surface area contributed by atoms with Gasteiger partial charge >= 0.3 is 12.2 Å². The minimum atomic E-state index is -4.48. The monoisotopic (exact) mass is 421 g/mol. The maximum atomic E-state index is 13.0. The number of amides is 2. The second-order valence-corrected chi connectivity index (χ2v) is 7.19. The highest BCUT2D eigenvalue weighted by Gasteiger charge is 2.41. The number of alkyl halides is 3. The first-order valence-electron chi connectivity index (χ1n) is 9.36. The smallest absolute Gasteiger partial charge is 0.363 e. The number of rotatable bonds is 4. The van der Waals surface area contributed by atoms with Crippen LogP contribution >= 0.6 is 0 Å². The van der Waals surface area contributed by atoms with Crippen molar-refractivity contribution in [2.24, 2.45) is 0 Å². The number of nitrogens with zero attached hydrogens (tertiary/aromatic N) is 3. The van der Waals surface area contributed by atoms with E-state index in [0.29, 0.717) is 25.3 Å². The fraction of sp³-hybridized carbons (Fsp3) is 0.368. The number of fused-ring (bicyclic) bond motifs is 4. The summed E-state index contributed by atoms with van der Waals surface area (Å²) in [7, 11) is 0. The third-order valence-electron chi connectivity index (χ3n) is 5.13. The van der Waals surface area contributed by atoms with Gasteiger partial charge in [-0.2, -0.15) is 13.2 Å².